The molecule has 2 heterocycles. The Kier molecular flexibility index (Phi) is 5.74. The minimum Gasteiger partial charge on any atom is -0.379 e. The molecule has 0 atom stereocenters. The fourth-order valence-corrected chi connectivity index (χ4v) is 2.81. The quantitative estimate of drug-likeness (QED) is 0.830. The van der Waals surface area contributed by atoms with E-state index in [9.17, 15) is 4.79 Å². The lowest BCUT2D eigenvalue weighted by Crippen LogP contribution is -2.43. The summed E-state index contributed by atoms with van der Waals surface area (Å²) < 4.78 is 5.37. The third-order valence-corrected chi connectivity index (χ3v) is 4.20. The van der Waals surface area contributed by atoms with Crippen molar-refractivity contribution < 1.29 is 9.53 Å². The lowest BCUT2D eigenvalue weighted by atomic mass is 10.2. The first-order valence-corrected chi connectivity index (χ1v) is 8.26. The van der Waals surface area contributed by atoms with Gasteiger partial charge in [-0.15, -0.1) is 0 Å². The standard InChI is InChI=1S/C17H19ClN4O2/c18-15-12-19-13-20-16(15)17(23)22(14-4-2-1-3-5-14)7-6-21-8-10-24-11-9-21/h1-5,12-13H,6-11H2. The summed E-state index contributed by atoms with van der Waals surface area (Å²) >= 11 is 6.10. The van der Waals surface area contributed by atoms with E-state index in [1.54, 1.807) is 4.90 Å². The average Bonchev–Trinajstić information content (AvgIpc) is 2.64. The number of amides is 1. The highest BCUT2D eigenvalue weighted by Crippen LogP contribution is 2.19. The number of hydrogen-bond acceptors (Lipinski definition) is 5. The van der Waals surface area contributed by atoms with Crippen molar-refractivity contribution in [2.45, 2.75) is 0 Å². The molecule has 0 radical (unpaired) electrons. The van der Waals surface area contributed by atoms with E-state index in [1.807, 2.05) is 30.3 Å². The number of ether oxygens (including phenoxy) is 1. The van der Waals surface area contributed by atoms with Crippen LogP contribution in [0.25, 0.3) is 0 Å². The van der Waals surface area contributed by atoms with E-state index in [0.29, 0.717) is 6.54 Å². The molecule has 0 aliphatic carbocycles. The van der Waals surface area contributed by atoms with Gasteiger partial charge in [0.25, 0.3) is 5.91 Å². The van der Waals surface area contributed by atoms with Crippen molar-refractivity contribution in [2.75, 3.05) is 44.3 Å². The first kappa shape index (κ1) is 16.8. The van der Waals surface area contributed by atoms with Gasteiger partial charge in [-0.05, 0) is 12.1 Å². The van der Waals surface area contributed by atoms with Crippen LogP contribution < -0.4 is 4.90 Å². The Balaban J connectivity index is 1.79. The Labute approximate surface area is 146 Å². The first-order valence-electron chi connectivity index (χ1n) is 7.88. The molecule has 1 aliphatic rings. The number of carbonyl (C=O) groups is 1. The van der Waals surface area contributed by atoms with Crippen LogP contribution in [-0.4, -0.2) is 60.2 Å². The minimum absolute atomic E-state index is 0.220. The van der Waals surface area contributed by atoms with Gasteiger partial charge in [-0.3, -0.25) is 9.69 Å². The van der Waals surface area contributed by atoms with Crippen molar-refractivity contribution in [3.05, 3.63) is 53.6 Å². The van der Waals surface area contributed by atoms with Crippen LogP contribution >= 0.6 is 11.6 Å². The predicted octanol–water partition coefficient (Wildman–Crippen LogP) is 2.11. The zero-order valence-corrected chi connectivity index (χ0v) is 14.0. The summed E-state index contributed by atoms with van der Waals surface area (Å²) in [5.74, 6) is -0.221. The Morgan fingerprint density at radius 3 is 2.71 bits per heavy atom. The Bertz CT molecular complexity index is 677. The summed E-state index contributed by atoms with van der Waals surface area (Å²) in [5, 5.41) is 0.259. The van der Waals surface area contributed by atoms with E-state index in [2.05, 4.69) is 14.9 Å². The van der Waals surface area contributed by atoms with Crippen molar-refractivity contribution in [3.8, 4) is 0 Å². The fraction of sp³-hybridized carbons (Fsp3) is 0.353. The Morgan fingerprint density at radius 2 is 2.00 bits per heavy atom. The molecule has 2 aromatic rings. The van der Waals surface area contributed by atoms with E-state index in [1.165, 1.54) is 12.5 Å². The number of hydrogen-bond donors (Lipinski definition) is 0. The summed E-state index contributed by atoms with van der Waals surface area (Å²) in [5.41, 5.74) is 1.04. The van der Waals surface area contributed by atoms with Gasteiger partial charge in [0.1, 0.15) is 6.33 Å². The molecule has 0 bridgehead atoms. The van der Waals surface area contributed by atoms with E-state index in [4.69, 9.17) is 16.3 Å². The van der Waals surface area contributed by atoms with Crippen molar-refractivity contribution >= 4 is 23.2 Å². The summed E-state index contributed by atoms with van der Waals surface area (Å²) in [4.78, 5) is 24.8. The van der Waals surface area contributed by atoms with Crippen molar-refractivity contribution in [2.24, 2.45) is 0 Å². The highest BCUT2D eigenvalue weighted by molar-refractivity contribution is 6.34. The molecule has 1 saturated heterocycles. The van der Waals surface area contributed by atoms with E-state index >= 15 is 0 Å². The average molecular weight is 347 g/mol. The van der Waals surface area contributed by atoms with E-state index in [-0.39, 0.29) is 16.6 Å². The van der Waals surface area contributed by atoms with E-state index < -0.39 is 0 Å². The topological polar surface area (TPSA) is 58.6 Å². The summed E-state index contributed by atoms with van der Waals surface area (Å²) in [6.45, 7) is 4.56. The van der Waals surface area contributed by atoms with Crippen LogP contribution in [0.3, 0.4) is 0 Å². The van der Waals surface area contributed by atoms with Gasteiger partial charge in [0.2, 0.25) is 0 Å². The second-order valence-corrected chi connectivity index (χ2v) is 5.87. The van der Waals surface area contributed by atoms with Crippen LogP contribution in [0.2, 0.25) is 5.02 Å². The van der Waals surface area contributed by atoms with E-state index in [0.717, 1.165) is 38.5 Å². The summed E-state index contributed by atoms with van der Waals surface area (Å²) in [7, 11) is 0. The molecule has 1 aliphatic heterocycles. The van der Waals surface area contributed by atoms with Gasteiger partial charge in [-0.1, -0.05) is 29.8 Å². The van der Waals surface area contributed by atoms with Gasteiger partial charge in [-0.25, -0.2) is 9.97 Å². The molecule has 24 heavy (non-hydrogen) atoms. The lowest BCUT2D eigenvalue weighted by molar-refractivity contribution is 0.0391. The molecule has 1 fully saturated rings. The minimum atomic E-state index is -0.221. The number of rotatable bonds is 5. The van der Waals surface area contributed by atoms with Crippen LogP contribution in [0.15, 0.2) is 42.9 Å². The normalized spacial score (nSPS) is 15.2. The molecule has 3 rings (SSSR count). The SMILES string of the molecule is O=C(c1ncncc1Cl)N(CCN1CCOCC1)c1ccccc1. The molecule has 0 unspecified atom stereocenters. The molecule has 1 aromatic carbocycles. The van der Waals surface area contributed by atoms with Crippen LogP contribution in [0.5, 0.6) is 0 Å². The number of carbonyl (C=O) groups excluding carboxylic acids is 1. The third-order valence-electron chi connectivity index (χ3n) is 3.93. The number of halogens is 1. The second-order valence-electron chi connectivity index (χ2n) is 5.47. The molecule has 126 valence electrons. The number of aromatic nitrogens is 2. The van der Waals surface area contributed by atoms with Crippen LogP contribution in [0, 0.1) is 0 Å². The van der Waals surface area contributed by atoms with Crippen molar-refractivity contribution in [3.63, 3.8) is 0 Å². The number of benzene rings is 1. The van der Waals surface area contributed by atoms with Crippen LogP contribution in [-0.2, 0) is 4.74 Å². The van der Waals surface area contributed by atoms with Crippen LogP contribution in [0.1, 0.15) is 10.5 Å². The number of morpholine rings is 1. The van der Waals surface area contributed by atoms with Gasteiger partial charge >= 0.3 is 0 Å². The maximum absolute atomic E-state index is 12.9. The molecule has 0 spiro atoms. The lowest BCUT2D eigenvalue weighted by Gasteiger charge is -2.30. The van der Waals surface area contributed by atoms with Gasteiger partial charge in [0.05, 0.1) is 18.2 Å². The third kappa shape index (κ3) is 4.08. The number of nitrogens with zero attached hydrogens (tertiary/aromatic N) is 4. The second kappa shape index (κ2) is 8.19. The number of para-hydroxylation sites is 1. The summed E-state index contributed by atoms with van der Waals surface area (Å²) in [6, 6.07) is 9.56. The maximum Gasteiger partial charge on any atom is 0.278 e. The molecule has 0 saturated carbocycles. The fourth-order valence-electron chi connectivity index (χ4n) is 2.62. The van der Waals surface area contributed by atoms with Crippen LogP contribution in [0.4, 0.5) is 5.69 Å². The first-order chi connectivity index (χ1) is 11.8. The molecule has 0 N–H and O–H groups in total. The largest absolute Gasteiger partial charge is 0.379 e. The molecular weight excluding hydrogens is 328 g/mol. The molecule has 6 nitrogen and oxygen atoms in total. The molecular formula is C17H19ClN4O2. The Morgan fingerprint density at radius 1 is 1.25 bits per heavy atom. The summed E-state index contributed by atoms with van der Waals surface area (Å²) in [6.07, 6.45) is 2.77. The number of anilines is 1. The maximum atomic E-state index is 12.9. The Hall–Kier alpha value is -2.02. The molecule has 7 heteroatoms. The van der Waals surface area contributed by atoms with Gasteiger partial charge in [0, 0.05) is 38.1 Å². The molecule has 1 aromatic heterocycles. The smallest absolute Gasteiger partial charge is 0.278 e. The zero-order chi connectivity index (χ0) is 16.8. The monoisotopic (exact) mass is 346 g/mol. The predicted molar refractivity (Wildman–Crippen MR) is 92.4 cm³/mol. The highest BCUT2D eigenvalue weighted by atomic mass is 35.5. The van der Waals surface area contributed by atoms with Gasteiger partial charge in [0.15, 0.2) is 5.69 Å². The zero-order valence-electron chi connectivity index (χ0n) is 13.3. The van der Waals surface area contributed by atoms with Gasteiger partial charge < -0.3 is 9.64 Å². The molecule has 1 amide bonds. The van der Waals surface area contributed by atoms with Crippen molar-refractivity contribution in [1.29, 1.82) is 0 Å². The van der Waals surface area contributed by atoms with Gasteiger partial charge in [-0.2, -0.15) is 0 Å². The van der Waals surface area contributed by atoms with Crippen molar-refractivity contribution in [1.82, 2.24) is 14.9 Å². The highest BCUT2D eigenvalue weighted by Gasteiger charge is 2.22.